The Labute approximate surface area is 306 Å². The molecule has 0 N–H and O–H groups in total. The highest BCUT2D eigenvalue weighted by molar-refractivity contribution is 6.09. The Balaban J connectivity index is 1.32. The van der Waals surface area contributed by atoms with Crippen LogP contribution in [0.2, 0.25) is 0 Å². The van der Waals surface area contributed by atoms with Crippen LogP contribution >= 0.6 is 0 Å². The van der Waals surface area contributed by atoms with Gasteiger partial charge in [0.1, 0.15) is 5.82 Å². The van der Waals surface area contributed by atoms with E-state index >= 15 is 0 Å². The van der Waals surface area contributed by atoms with Crippen LogP contribution in [0.15, 0.2) is 194 Å². The van der Waals surface area contributed by atoms with E-state index in [0.29, 0.717) is 5.95 Å². The molecule has 3 aromatic heterocycles. The van der Waals surface area contributed by atoms with Gasteiger partial charge < -0.3 is 0 Å². The maximum absolute atomic E-state index is 5.60. The lowest BCUT2D eigenvalue weighted by Gasteiger charge is -2.34. The molecule has 4 nitrogen and oxygen atoms in total. The largest absolute Gasteiger partial charge is 0.296 e. The van der Waals surface area contributed by atoms with Crippen LogP contribution in [-0.2, 0) is 5.41 Å². The molecule has 10 aromatic rings. The van der Waals surface area contributed by atoms with Crippen molar-refractivity contribution in [1.29, 1.82) is 0 Å². The number of aromatic nitrogens is 4. The lowest BCUT2D eigenvalue weighted by molar-refractivity contribution is 0.712. The van der Waals surface area contributed by atoms with Gasteiger partial charge in [0.05, 0.1) is 33.4 Å². The van der Waals surface area contributed by atoms with Gasteiger partial charge in [-0.1, -0.05) is 170 Å². The topological polar surface area (TPSA) is 35.6 Å². The summed E-state index contributed by atoms with van der Waals surface area (Å²) in [5.41, 5.74) is 11.9. The predicted octanol–water partition coefficient (Wildman–Crippen LogP) is 11.5. The molecule has 0 amide bonds. The number of rotatable bonds is 5. The number of para-hydroxylation sites is 3. The van der Waals surface area contributed by atoms with Crippen molar-refractivity contribution in [2.75, 3.05) is 0 Å². The fourth-order valence-electron chi connectivity index (χ4n) is 8.92. The standard InChI is InChI=1S/C49H32N4/c1-4-18-33(19-5-1)41-32-45(51-48(50-41)52-42-29-15-11-24-36(42)37-25-12-16-30-43(37)52)53-44-31-17-13-27-39(44)46-38-26-10-14-28-40(38)49(47(46)53,34-20-6-2-7-21-34)35-22-8-3-9-23-35/h1-32H. The van der Waals surface area contributed by atoms with Crippen LogP contribution in [0.5, 0.6) is 0 Å². The lowest BCUT2D eigenvalue weighted by atomic mass is 9.69. The summed E-state index contributed by atoms with van der Waals surface area (Å²) in [6, 6.07) is 69.4. The van der Waals surface area contributed by atoms with E-state index in [9.17, 15) is 0 Å². The molecule has 1 aliphatic carbocycles. The van der Waals surface area contributed by atoms with Crippen molar-refractivity contribution < 1.29 is 0 Å². The number of hydrogen-bond donors (Lipinski definition) is 0. The second-order valence-electron chi connectivity index (χ2n) is 13.8. The second-order valence-corrected chi connectivity index (χ2v) is 13.8. The van der Waals surface area contributed by atoms with Gasteiger partial charge in [-0.05, 0) is 40.5 Å². The highest BCUT2D eigenvalue weighted by Gasteiger charge is 2.50. The van der Waals surface area contributed by atoms with Crippen molar-refractivity contribution in [3.8, 4) is 34.2 Å². The SMILES string of the molecule is c1ccc(-c2cc(-n3c4c(c5ccccc53)-c3ccccc3C4(c3ccccc3)c3ccccc3)nc(-n3c4ccccc4c4ccccc43)n2)cc1. The molecule has 0 spiro atoms. The normalized spacial score (nSPS) is 13.1. The van der Waals surface area contributed by atoms with E-state index in [1.54, 1.807) is 0 Å². The van der Waals surface area contributed by atoms with Crippen LogP contribution in [0.1, 0.15) is 22.4 Å². The summed E-state index contributed by atoms with van der Waals surface area (Å²) in [5.74, 6) is 1.45. The Bertz CT molecular complexity index is 2900. The molecule has 0 aliphatic heterocycles. The highest BCUT2D eigenvalue weighted by Crippen LogP contribution is 2.59. The van der Waals surface area contributed by atoms with Gasteiger partial charge in [-0.15, -0.1) is 0 Å². The molecule has 0 bridgehead atoms. The van der Waals surface area contributed by atoms with Crippen LogP contribution in [0.3, 0.4) is 0 Å². The molecule has 4 heteroatoms. The number of benzene rings is 7. The van der Waals surface area contributed by atoms with Crippen LogP contribution in [0.4, 0.5) is 0 Å². The molecule has 0 saturated heterocycles. The van der Waals surface area contributed by atoms with Crippen molar-refractivity contribution in [1.82, 2.24) is 19.1 Å². The van der Waals surface area contributed by atoms with Crippen LogP contribution in [0, 0.1) is 0 Å². The molecule has 0 fully saturated rings. The summed E-state index contributed by atoms with van der Waals surface area (Å²) in [7, 11) is 0. The summed E-state index contributed by atoms with van der Waals surface area (Å²) in [6.07, 6.45) is 0. The zero-order valence-electron chi connectivity index (χ0n) is 28.8. The Morgan fingerprint density at radius 2 is 0.906 bits per heavy atom. The minimum atomic E-state index is -0.627. The van der Waals surface area contributed by atoms with Crippen molar-refractivity contribution in [3.63, 3.8) is 0 Å². The minimum absolute atomic E-state index is 0.627. The van der Waals surface area contributed by atoms with E-state index in [4.69, 9.17) is 9.97 Å². The van der Waals surface area contributed by atoms with E-state index in [0.717, 1.165) is 33.6 Å². The highest BCUT2D eigenvalue weighted by atomic mass is 15.2. The summed E-state index contributed by atoms with van der Waals surface area (Å²) in [4.78, 5) is 11.0. The summed E-state index contributed by atoms with van der Waals surface area (Å²) < 4.78 is 4.65. The number of hydrogen-bond acceptors (Lipinski definition) is 2. The molecular weight excluding hydrogens is 645 g/mol. The molecular formula is C49H32N4. The van der Waals surface area contributed by atoms with Crippen LogP contribution < -0.4 is 0 Å². The summed E-state index contributed by atoms with van der Waals surface area (Å²) >= 11 is 0. The molecule has 3 heterocycles. The van der Waals surface area contributed by atoms with E-state index in [1.165, 1.54) is 49.7 Å². The first kappa shape index (κ1) is 29.7. The third kappa shape index (κ3) is 4.18. The smallest absolute Gasteiger partial charge is 0.237 e. The fourth-order valence-corrected chi connectivity index (χ4v) is 8.92. The minimum Gasteiger partial charge on any atom is -0.296 e. The summed E-state index contributed by atoms with van der Waals surface area (Å²) in [6.45, 7) is 0. The van der Waals surface area contributed by atoms with Crippen molar-refractivity contribution in [2.45, 2.75) is 5.41 Å². The van der Waals surface area contributed by atoms with Gasteiger partial charge in [0.15, 0.2) is 0 Å². The first-order valence-corrected chi connectivity index (χ1v) is 18.1. The molecule has 11 rings (SSSR count). The van der Waals surface area contributed by atoms with Gasteiger partial charge in [-0.25, -0.2) is 4.98 Å². The third-order valence-corrected chi connectivity index (χ3v) is 11.0. The molecule has 0 unspecified atom stereocenters. The lowest BCUT2D eigenvalue weighted by Crippen LogP contribution is -2.31. The van der Waals surface area contributed by atoms with E-state index < -0.39 is 5.41 Å². The maximum Gasteiger partial charge on any atom is 0.237 e. The Morgan fingerprint density at radius 3 is 1.53 bits per heavy atom. The second kappa shape index (κ2) is 11.5. The molecule has 0 saturated carbocycles. The van der Waals surface area contributed by atoms with E-state index in [2.05, 4.69) is 203 Å². The van der Waals surface area contributed by atoms with Gasteiger partial charge in [-0.3, -0.25) is 9.13 Å². The molecule has 0 radical (unpaired) electrons. The zero-order valence-corrected chi connectivity index (χ0v) is 28.8. The molecule has 53 heavy (non-hydrogen) atoms. The third-order valence-electron chi connectivity index (χ3n) is 11.0. The number of nitrogens with zero attached hydrogens (tertiary/aromatic N) is 4. The summed E-state index contributed by atoms with van der Waals surface area (Å²) in [5, 5.41) is 3.54. The number of fused-ring (bicyclic) bond motifs is 8. The Hall–Kier alpha value is -7.04. The first-order chi connectivity index (χ1) is 26.3. The molecule has 0 atom stereocenters. The fraction of sp³-hybridized carbons (Fsp3) is 0.0204. The first-order valence-electron chi connectivity index (χ1n) is 18.1. The van der Waals surface area contributed by atoms with Crippen LogP contribution in [0.25, 0.3) is 66.9 Å². The Kier molecular flexibility index (Phi) is 6.43. The van der Waals surface area contributed by atoms with Crippen LogP contribution in [-0.4, -0.2) is 19.1 Å². The molecule has 248 valence electrons. The zero-order chi connectivity index (χ0) is 34.9. The average molecular weight is 677 g/mol. The molecule has 7 aromatic carbocycles. The Morgan fingerprint density at radius 1 is 0.415 bits per heavy atom. The van der Waals surface area contributed by atoms with Gasteiger partial charge in [0.25, 0.3) is 0 Å². The monoisotopic (exact) mass is 676 g/mol. The quantitative estimate of drug-likeness (QED) is 0.182. The predicted molar refractivity (Wildman–Crippen MR) is 216 cm³/mol. The van der Waals surface area contributed by atoms with Crippen molar-refractivity contribution in [2.24, 2.45) is 0 Å². The van der Waals surface area contributed by atoms with E-state index in [1.807, 2.05) is 0 Å². The van der Waals surface area contributed by atoms with Gasteiger partial charge in [0, 0.05) is 33.4 Å². The van der Waals surface area contributed by atoms with Gasteiger partial charge in [-0.2, -0.15) is 4.98 Å². The van der Waals surface area contributed by atoms with Gasteiger partial charge >= 0.3 is 0 Å². The van der Waals surface area contributed by atoms with Gasteiger partial charge in [0.2, 0.25) is 5.95 Å². The average Bonchev–Trinajstić information content (AvgIpc) is 3.86. The van der Waals surface area contributed by atoms with Crippen molar-refractivity contribution >= 4 is 32.7 Å². The van der Waals surface area contributed by atoms with E-state index in [-0.39, 0.29) is 0 Å². The van der Waals surface area contributed by atoms with Crippen molar-refractivity contribution in [3.05, 3.63) is 217 Å². The molecule has 1 aliphatic rings. The maximum atomic E-state index is 5.60.